The lowest BCUT2D eigenvalue weighted by Gasteiger charge is -2.23. The lowest BCUT2D eigenvalue weighted by Crippen LogP contribution is -2.39. The van der Waals surface area contributed by atoms with Gasteiger partial charge in [-0.15, -0.1) is 0 Å². The Balaban J connectivity index is 1.86. The van der Waals surface area contributed by atoms with Crippen LogP contribution >= 0.6 is 23.2 Å². The highest BCUT2D eigenvalue weighted by molar-refractivity contribution is 7.92. The molecule has 7 nitrogen and oxygen atoms in total. The smallest absolute Gasteiger partial charge is 0.264 e. The van der Waals surface area contributed by atoms with Crippen LogP contribution in [0.5, 0.6) is 5.75 Å². The number of amides is 1. The van der Waals surface area contributed by atoms with Gasteiger partial charge in [-0.1, -0.05) is 29.3 Å². The van der Waals surface area contributed by atoms with Crippen LogP contribution < -0.4 is 14.5 Å². The van der Waals surface area contributed by atoms with Crippen molar-refractivity contribution in [1.82, 2.24) is 5.43 Å². The highest BCUT2D eigenvalue weighted by Gasteiger charge is 2.27. The van der Waals surface area contributed by atoms with E-state index in [0.717, 1.165) is 10.5 Å². The Labute approximate surface area is 200 Å². The van der Waals surface area contributed by atoms with E-state index < -0.39 is 28.3 Å². The normalized spacial score (nSPS) is 11.4. The Morgan fingerprint density at radius 1 is 1.09 bits per heavy atom. The molecule has 0 spiro atoms. The number of carbonyl (C=O) groups is 1. The number of ether oxygens (including phenoxy) is 1. The van der Waals surface area contributed by atoms with Gasteiger partial charge < -0.3 is 4.74 Å². The van der Waals surface area contributed by atoms with Crippen LogP contribution in [0, 0.1) is 5.82 Å². The molecule has 0 aliphatic rings. The number of sulfonamides is 1. The van der Waals surface area contributed by atoms with Gasteiger partial charge in [-0.05, 0) is 60.7 Å². The van der Waals surface area contributed by atoms with Gasteiger partial charge in [-0.2, -0.15) is 5.10 Å². The third kappa shape index (κ3) is 6.01. The fourth-order valence-corrected chi connectivity index (χ4v) is 4.52. The van der Waals surface area contributed by atoms with E-state index >= 15 is 0 Å². The van der Waals surface area contributed by atoms with E-state index in [1.54, 1.807) is 0 Å². The zero-order chi connectivity index (χ0) is 24.0. The molecule has 172 valence electrons. The summed E-state index contributed by atoms with van der Waals surface area (Å²) < 4.78 is 46.4. The van der Waals surface area contributed by atoms with E-state index in [-0.39, 0.29) is 21.2 Å². The number of rotatable bonds is 8. The molecule has 3 aromatic carbocycles. The van der Waals surface area contributed by atoms with Crippen molar-refractivity contribution in [2.24, 2.45) is 5.10 Å². The molecule has 11 heteroatoms. The van der Waals surface area contributed by atoms with Crippen molar-refractivity contribution < 1.29 is 22.3 Å². The van der Waals surface area contributed by atoms with Gasteiger partial charge in [0.2, 0.25) is 0 Å². The topological polar surface area (TPSA) is 88.1 Å². The maximum Gasteiger partial charge on any atom is 0.264 e. The Morgan fingerprint density at radius 3 is 2.36 bits per heavy atom. The van der Waals surface area contributed by atoms with Crippen molar-refractivity contribution in [1.29, 1.82) is 0 Å². The van der Waals surface area contributed by atoms with Gasteiger partial charge in [0, 0.05) is 10.6 Å². The van der Waals surface area contributed by atoms with Crippen LogP contribution in [0.1, 0.15) is 5.56 Å². The molecule has 0 aromatic heterocycles. The fourth-order valence-electron chi connectivity index (χ4n) is 2.77. The zero-order valence-corrected chi connectivity index (χ0v) is 19.5. The second-order valence-corrected chi connectivity index (χ2v) is 9.30. The minimum Gasteiger partial charge on any atom is -0.497 e. The predicted molar refractivity (Wildman–Crippen MR) is 126 cm³/mol. The summed E-state index contributed by atoms with van der Waals surface area (Å²) in [5.41, 5.74) is 2.39. The first-order chi connectivity index (χ1) is 15.7. The van der Waals surface area contributed by atoms with E-state index in [0.29, 0.717) is 10.8 Å². The third-order valence-electron chi connectivity index (χ3n) is 4.43. The summed E-state index contributed by atoms with van der Waals surface area (Å²) in [5, 5.41) is 4.20. The van der Waals surface area contributed by atoms with Crippen molar-refractivity contribution in [3.63, 3.8) is 0 Å². The minimum absolute atomic E-state index is 0.0140. The summed E-state index contributed by atoms with van der Waals surface area (Å²) in [4.78, 5) is 12.5. The van der Waals surface area contributed by atoms with Crippen LogP contribution in [0.4, 0.5) is 10.1 Å². The van der Waals surface area contributed by atoms with E-state index in [1.165, 1.54) is 73.8 Å². The van der Waals surface area contributed by atoms with Crippen LogP contribution in [0.3, 0.4) is 0 Å². The Hall–Kier alpha value is -3.14. The molecular weight excluding hydrogens is 492 g/mol. The van der Waals surface area contributed by atoms with Crippen molar-refractivity contribution in [3.8, 4) is 5.75 Å². The largest absolute Gasteiger partial charge is 0.497 e. The van der Waals surface area contributed by atoms with Crippen LogP contribution in [0.25, 0.3) is 0 Å². The van der Waals surface area contributed by atoms with Crippen LogP contribution in [0.2, 0.25) is 10.0 Å². The summed E-state index contributed by atoms with van der Waals surface area (Å²) in [5.74, 6) is -0.901. The second-order valence-electron chi connectivity index (χ2n) is 6.59. The van der Waals surface area contributed by atoms with E-state index in [1.807, 2.05) is 0 Å². The van der Waals surface area contributed by atoms with Gasteiger partial charge in [0.15, 0.2) is 0 Å². The molecule has 0 aliphatic heterocycles. The summed E-state index contributed by atoms with van der Waals surface area (Å²) in [6.07, 6.45) is 1.04. The summed E-state index contributed by atoms with van der Waals surface area (Å²) in [6.45, 7) is -0.599. The molecule has 0 saturated heterocycles. The van der Waals surface area contributed by atoms with E-state index in [4.69, 9.17) is 27.9 Å². The lowest BCUT2D eigenvalue weighted by molar-refractivity contribution is -0.119. The maximum atomic E-state index is 13.8. The van der Waals surface area contributed by atoms with Crippen LogP contribution in [-0.2, 0) is 14.8 Å². The average Bonchev–Trinajstić information content (AvgIpc) is 2.80. The molecule has 3 aromatic rings. The molecule has 0 bridgehead atoms. The SMILES string of the molecule is COc1ccc(S(=O)(=O)N(CC(=O)N/N=C/c2c(F)cccc2Cl)c2ccc(Cl)cc2)cc1. The Bertz CT molecular complexity index is 1250. The number of hydrogen-bond donors (Lipinski definition) is 1. The van der Waals surface area contributed by atoms with Crippen molar-refractivity contribution in [3.05, 3.63) is 88.2 Å². The first-order valence-electron chi connectivity index (χ1n) is 9.40. The van der Waals surface area contributed by atoms with Gasteiger partial charge in [0.1, 0.15) is 18.1 Å². The molecule has 0 atom stereocenters. The molecule has 0 radical (unpaired) electrons. The van der Waals surface area contributed by atoms with Gasteiger partial charge in [0.25, 0.3) is 15.9 Å². The molecule has 0 heterocycles. The predicted octanol–water partition coefficient (Wildman–Crippen LogP) is 4.49. The average molecular weight is 510 g/mol. The maximum absolute atomic E-state index is 13.8. The van der Waals surface area contributed by atoms with Gasteiger partial charge in [-0.3, -0.25) is 9.10 Å². The van der Waals surface area contributed by atoms with Crippen molar-refractivity contribution in [2.45, 2.75) is 4.90 Å². The number of nitrogens with zero attached hydrogens (tertiary/aromatic N) is 2. The number of benzene rings is 3. The van der Waals surface area contributed by atoms with Crippen molar-refractivity contribution in [2.75, 3.05) is 18.0 Å². The first kappa shape index (κ1) is 24.5. The molecule has 0 saturated carbocycles. The van der Waals surface area contributed by atoms with E-state index in [9.17, 15) is 17.6 Å². The number of hydrogen-bond acceptors (Lipinski definition) is 5. The standard InChI is InChI=1S/C22H18Cl2FN3O4S/c1-32-17-9-11-18(12-10-17)33(30,31)28(16-7-5-15(23)6-8-16)14-22(29)27-26-13-19-20(24)3-2-4-21(19)25/h2-13H,14H2,1H3,(H,27,29)/b26-13+. The Morgan fingerprint density at radius 2 is 1.76 bits per heavy atom. The first-order valence-corrected chi connectivity index (χ1v) is 11.6. The minimum atomic E-state index is -4.14. The quantitative estimate of drug-likeness (QED) is 0.358. The molecule has 0 fully saturated rings. The van der Waals surface area contributed by atoms with E-state index in [2.05, 4.69) is 10.5 Å². The van der Waals surface area contributed by atoms with Gasteiger partial charge in [-0.25, -0.2) is 18.2 Å². The lowest BCUT2D eigenvalue weighted by atomic mass is 10.2. The molecule has 33 heavy (non-hydrogen) atoms. The molecule has 3 rings (SSSR count). The highest BCUT2D eigenvalue weighted by Crippen LogP contribution is 2.26. The van der Waals surface area contributed by atoms with Crippen LogP contribution in [0.15, 0.2) is 76.7 Å². The number of methoxy groups -OCH3 is 1. The highest BCUT2D eigenvalue weighted by atomic mass is 35.5. The number of nitrogens with one attached hydrogen (secondary N) is 1. The fraction of sp³-hybridized carbons (Fsp3) is 0.0909. The number of halogens is 3. The molecule has 1 amide bonds. The number of carbonyl (C=O) groups excluding carboxylic acids is 1. The van der Waals surface area contributed by atoms with Gasteiger partial charge in [0.05, 0.1) is 28.9 Å². The Kier molecular flexibility index (Phi) is 7.91. The number of anilines is 1. The second kappa shape index (κ2) is 10.7. The number of hydrazone groups is 1. The molecule has 0 aliphatic carbocycles. The van der Waals surface area contributed by atoms with Crippen molar-refractivity contribution >= 4 is 51.0 Å². The van der Waals surface area contributed by atoms with Crippen LogP contribution in [-0.4, -0.2) is 34.2 Å². The monoisotopic (exact) mass is 509 g/mol. The zero-order valence-electron chi connectivity index (χ0n) is 17.2. The van der Waals surface area contributed by atoms with Gasteiger partial charge >= 0.3 is 0 Å². The summed E-state index contributed by atoms with van der Waals surface area (Å²) >= 11 is 11.8. The molecular formula is C22H18Cl2FN3O4S. The third-order valence-corrected chi connectivity index (χ3v) is 6.80. The molecule has 0 unspecified atom stereocenters. The summed E-state index contributed by atoms with van der Waals surface area (Å²) in [6, 6.07) is 15.8. The molecule has 1 N–H and O–H groups in total. The summed E-state index contributed by atoms with van der Waals surface area (Å²) in [7, 11) is -2.68.